The highest BCUT2D eigenvalue weighted by Crippen LogP contribution is 2.21. The van der Waals surface area contributed by atoms with E-state index in [4.69, 9.17) is 0 Å². The number of nitrogens with one attached hydrogen (secondary N) is 1. The molecule has 0 aliphatic carbocycles. The van der Waals surface area contributed by atoms with E-state index in [1.54, 1.807) is 11.3 Å². The highest BCUT2D eigenvalue weighted by atomic mass is 79.9. The maximum Gasteiger partial charge on any atom is 0.252 e. The molecular weight excluding hydrogens is 390 g/mol. The van der Waals surface area contributed by atoms with Gasteiger partial charge in [-0.3, -0.25) is 4.79 Å². The van der Waals surface area contributed by atoms with Crippen LogP contribution < -0.4 is 5.32 Å². The lowest BCUT2D eigenvalue weighted by Gasteiger charge is -2.14. The van der Waals surface area contributed by atoms with Crippen LogP contribution in [0, 0.1) is 0 Å². The molecule has 2 nitrogen and oxygen atoms in total. The summed E-state index contributed by atoms with van der Waals surface area (Å²) >= 11 is 8.46. The molecule has 0 bridgehead atoms. The van der Waals surface area contributed by atoms with E-state index in [0.717, 1.165) is 15.4 Å². The molecule has 5 heteroatoms. The summed E-state index contributed by atoms with van der Waals surface area (Å²) in [5, 5.41) is 7.18. The largest absolute Gasteiger partial charge is 0.349 e. The van der Waals surface area contributed by atoms with Gasteiger partial charge in [0.1, 0.15) is 0 Å². The van der Waals surface area contributed by atoms with Gasteiger partial charge in [0, 0.05) is 15.0 Å². The van der Waals surface area contributed by atoms with Crippen LogP contribution in [0.4, 0.5) is 0 Å². The lowest BCUT2D eigenvalue weighted by Crippen LogP contribution is -2.34. The molecule has 1 atom stereocenters. The van der Waals surface area contributed by atoms with Gasteiger partial charge in [0.15, 0.2) is 0 Å². The Hall–Kier alpha value is -0.650. The van der Waals surface area contributed by atoms with Crippen LogP contribution in [0.1, 0.15) is 22.8 Å². The van der Waals surface area contributed by atoms with Crippen molar-refractivity contribution < 1.29 is 4.79 Å². The summed E-state index contributed by atoms with van der Waals surface area (Å²) in [5.41, 5.74) is 1.90. The van der Waals surface area contributed by atoms with Crippen molar-refractivity contribution in [1.82, 2.24) is 5.32 Å². The van der Waals surface area contributed by atoms with Crippen LogP contribution in [0.2, 0.25) is 0 Å². The fourth-order valence-electron chi connectivity index (χ4n) is 1.79. The highest BCUT2D eigenvalue weighted by Gasteiger charge is 2.13. The van der Waals surface area contributed by atoms with Gasteiger partial charge in [-0.05, 0) is 69.9 Å². The van der Waals surface area contributed by atoms with E-state index in [2.05, 4.69) is 54.0 Å². The topological polar surface area (TPSA) is 29.1 Å². The summed E-state index contributed by atoms with van der Waals surface area (Å²) in [5.74, 6) is -0.0593. The molecule has 1 aromatic carbocycles. The molecule has 0 spiro atoms. The standard InChI is InChI=1S/C14H13Br2NOS/c1-9(6-10-4-5-19-8-10)17-14(18)12-7-11(15)2-3-13(12)16/h2-5,7-9H,6H2,1H3,(H,17,18). The van der Waals surface area contributed by atoms with Crippen molar-refractivity contribution in [3.05, 3.63) is 55.1 Å². The van der Waals surface area contributed by atoms with Gasteiger partial charge in [-0.1, -0.05) is 15.9 Å². The number of hydrogen-bond acceptors (Lipinski definition) is 2. The molecule has 0 aliphatic heterocycles. The maximum absolute atomic E-state index is 12.2. The number of carbonyl (C=O) groups excluding carboxylic acids is 1. The summed E-state index contributed by atoms with van der Waals surface area (Å²) < 4.78 is 1.70. The average molecular weight is 403 g/mol. The van der Waals surface area contributed by atoms with Crippen molar-refractivity contribution in [3.63, 3.8) is 0 Å². The van der Waals surface area contributed by atoms with E-state index in [0.29, 0.717) is 5.56 Å². The Kier molecular flexibility index (Phi) is 5.19. The smallest absolute Gasteiger partial charge is 0.252 e. The minimum absolute atomic E-state index is 0.0593. The Balaban J connectivity index is 2.02. The molecule has 0 radical (unpaired) electrons. The molecule has 1 aromatic heterocycles. The number of carbonyl (C=O) groups is 1. The van der Waals surface area contributed by atoms with Crippen molar-refractivity contribution in [2.45, 2.75) is 19.4 Å². The fraction of sp³-hybridized carbons (Fsp3) is 0.214. The normalized spacial score (nSPS) is 12.2. The highest BCUT2D eigenvalue weighted by molar-refractivity contribution is 9.11. The third-order valence-corrected chi connectivity index (χ3v) is 4.59. The Morgan fingerprint density at radius 2 is 2.16 bits per heavy atom. The Bertz CT molecular complexity index is 569. The minimum Gasteiger partial charge on any atom is -0.349 e. The molecule has 2 aromatic rings. The van der Waals surface area contributed by atoms with Crippen LogP contribution >= 0.6 is 43.2 Å². The number of halogens is 2. The predicted octanol–water partition coefficient (Wildman–Crippen LogP) is 4.63. The predicted molar refractivity (Wildman–Crippen MR) is 86.8 cm³/mol. The van der Waals surface area contributed by atoms with Gasteiger partial charge in [-0.15, -0.1) is 0 Å². The van der Waals surface area contributed by atoms with Crippen LogP contribution in [-0.2, 0) is 6.42 Å². The van der Waals surface area contributed by atoms with Gasteiger partial charge in [0.25, 0.3) is 5.91 Å². The summed E-state index contributed by atoms with van der Waals surface area (Å²) in [6.45, 7) is 2.02. The molecule has 0 fully saturated rings. The second kappa shape index (κ2) is 6.68. The third-order valence-electron chi connectivity index (χ3n) is 2.67. The van der Waals surface area contributed by atoms with Gasteiger partial charge in [-0.25, -0.2) is 0 Å². The molecule has 1 heterocycles. The van der Waals surface area contributed by atoms with Gasteiger partial charge >= 0.3 is 0 Å². The first kappa shape index (κ1) is 14.8. The molecule has 1 N–H and O–H groups in total. The van der Waals surface area contributed by atoms with Crippen molar-refractivity contribution in [2.75, 3.05) is 0 Å². The van der Waals surface area contributed by atoms with Gasteiger partial charge in [0.2, 0.25) is 0 Å². The van der Waals surface area contributed by atoms with Crippen LogP contribution in [0.3, 0.4) is 0 Å². The Morgan fingerprint density at radius 1 is 1.37 bits per heavy atom. The molecule has 1 unspecified atom stereocenters. The summed E-state index contributed by atoms with van der Waals surface area (Å²) in [6.07, 6.45) is 0.848. The molecule has 19 heavy (non-hydrogen) atoms. The first-order chi connectivity index (χ1) is 9.06. The second-order valence-corrected chi connectivity index (χ2v) is 6.88. The molecule has 100 valence electrons. The number of amides is 1. The number of rotatable bonds is 4. The number of benzene rings is 1. The zero-order valence-corrected chi connectivity index (χ0v) is 14.3. The second-order valence-electron chi connectivity index (χ2n) is 4.33. The molecule has 0 saturated carbocycles. The Labute approximate surface area is 133 Å². The van der Waals surface area contributed by atoms with E-state index in [1.165, 1.54) is 5.56 Å². The number of thiophene rings is 1. The third kappa shape index (κ3) is 4.16. The average Bonchev–Trinajstić information content (AvgIpc) is 2.84. The van der Waals surface area contributed by atoms with E-state index in [-0.39, 0.29) is 11.9 Å². The van der Waals surface area contributed by atoms with Crippen molar-refractivity contribution in [2.24, 2.45) is 0 Å². The lowest BCUT2D eigenvalue weighted by atomic mass is 10.1. The van der Waals surface area contributed by atoms with Crippen molar-refractivity contribution in [1.29, 1.82) is 0 Å². The van der Waals surface area contributed by atoms with Crippen LogP contribution in [0.25, 0.3) is 0 Å². The summed E-state index contributed by atoms with van der Waals surface area (Å²) in [6, 6.07) is 7.77. The lowest BCUT2D eigenvalue weighted by molar-refractivity contribution is 0.0939. The molecular formula is C14H13Br2NOS. The maximum atomic E-state index is 12.2. The first-order valence-electron chi connectivity index (χ1n) is 5.83. The minimum atomic E-state index is -0.0593. The van der Waals surface area contributed by atoms with Gasteiger partial charge in [0.05, 0.1) is 5.56 Å². The SMILES string of the molecule is CC(Cc1ccsc1)NC(=O)c1cc(Br)ccc1Br. The van der Waals surface area contributed by atoms with Gasteiger partial charge in [-0.2, -0.15) is 11.3 Å². The monoisotopic (exact) mass is 401 g/mol. The zero-order chi connectivity index (χ0) is 13.8. The van der Waals surface area contributed by atoms with Crippen LogP contribution in [0.5, 0.6) is 0 Å². The van der Waals surface area contributed by atoms with E-state index >= 15 is 0 Å². The van der Waals surface area contributed by atoms with Crippen molar-refractivity contribution >= 4 is 49.1 Å². The van der Waals surface area contributed by atoms with Crippen LogP contribution in [0.15, 0.2) is 44.0 Å². The molecule has 0 saturated heterocycles. The van der Waals surface area contributed by atoms with E-state index < -0.39 is 0 Å². The summed E-state index contributed by atoms with van der Waals surface area (Å²) in [4.78, 5) is 12.2. The molecule has 0 aliphatic rings. The first-order valence-corrected chi connectivity index (χ1v) is 8.36. The van der Waals surface area contributed by atoms with Gasteiger partial charge < -0.3 is 5.32 Å². The number of hydrogen-bond donors (Lipinski definition) is 1. The van der Waals surface area contributed by atoms with E-state index in [1.807, 2.05) is 25.1 Å². The molecule has 2 rings (SSSR count). The Morgan fingerprint density at radius 3 is 2.84 bits per heavy atom. The quantitative estimate of drug-likeness (QED) is 0.793. The zero-order valence-electron chi connectivity index (χ0n) is 10.3. The van der Waals surface area contributed by atoms with Crippen molar-refractivity contribution in [3.8, 4) is 0 Å². The van der Waals surface area contributed by atoms with Crippen LogP contribution in [-0.4, -0.2) is 11.9 Å². The van der Waals surface area contributed by atoms with E-state index in [9.17, 15) is 4.79 Å². The molecule has 1 amide bonds. The fourth-order valence-corrected chi connectivity index (χ4v) is 3.26. The summed E-state index contributed by atoms with van der Waals surface area (Å²) in [7, 11) is 0.